The highest BCUT2D eigenvalue weighted by atomic mass is 16.5. The van der Waals surface area contributed by atoms with E-state index in [1.165, 1.54) is 22.3 Å². The Morgan fingerprint density at radius 1 is 1.19 bits per heavy atom. The second kappa shape index (κ2) is 5.60. The molecule has 0 heterocycles. The van der Waals surface area contributed by atoms with Crippen molar-refractivity contribution < 1.29 is 9.53 Å². The number of benzene rings is 2. The number of hydrogen-bond donors (Lipinski definition) is 1. The number of esters is 1. The molecule has 0 bridgehead atoms. The molecular formula is C18H19NO2. The maximum Gasteiger partial charge on any atom is 0.328 e. The Morgan fingerprint density at radius 2 is 1.95 bits per heavy atom. The van der Waals surface area contributed by atoms with E-state index in [2.05, 4.69) is 41.7 Å². The molecule has 1 aliphatic carbocycles. The average Bonchev–Trinajstić information content (AvgIpc) is 2.85. The zero-order chi connectivity index (χ0) is 14.8. The van der Waals surface area contributed by atoms with Crippen LogP contribution in [0, 0.1) is 0 Å². The lowest BCUT2D eigenvalue weighted by molar-refractivity contribution is -0.143. The highest BCUT2D eigenvalue weighted by Gasteiger charge is 2.19. The molecule has 0 radical (unpaired) electrons. The van der Waals surface area contributed by atoms with Gasteiger partial charge in [-0.2, -0.15) is 0 Å². The first kappa shape index (κ1) is 13.7. The molecule has 0 aliphatic heterocycles. The van der Waals surface area contributed by atoms with E-state index in [0.717, 1.165) is 12.1 Å². The molecule has 1 aliphatic rings. The van der Waals surface area contributed by atoms with Crippen molar-refractivity contribution in [2.45, 2.75) is 26.3 Å². The topological polar surface area (TPSA) is 38.3 Å². The van der Waals surface area contributed by atoms with Gasteiger partial charge in [0.25, 0.3) is 0 Å². The summed E-state index contributed by atoms with van der Waals surface area (Å²) >= 11 is 0. The van der Waals surface area contributed by atoms with E-state index < -0.39 is 0 Å². The fourth-order valence-corrected chi connectivity index (χ4v) is 2.81. The maximum atomic E-state index is 11.7. The number of fused-ring (bicyclic) bond motifs is 3. The average molecular weight is 281 g/mol. The van der Waals surface area contributed by atoms with Crippen molar-refractivity contribution in [2.75, 3.05) is 11.9 Å². The van der Waals surface area contributed by atoms with Crippen molar-refractivity contribution in [2.24, 2.45) is 0 Å². The molecule has 1 atom stereocenters. The molecule has 3 nitrogen and oxygen atoms in total. The van der Waals surface area contributed by atoms with E-state index in [9.17, 15) is 4.79 Å². The number of rotatable bonds is 4. The summed E-state index contributed by atoms with van der Waals surface area (Å²) in [5, 5.41) is 3.21. The molecule has 108 valence electrons. The van der Waals surface area contributed by atoms with Crippen molar-refractivity contribution in [1.29, 1.82) is 0 Å². The van der Waals surface area contributed by atoms with Crippen LogP contribution in [0.4, 0.5) is 5.69 Å². The van der Waals surface area contributed by atoms with Crippen LogP contribution in [-0.4, -0.2) is 18.6 Å². The number of carbonyl (C=O) groups is 1. The highest BCUT2D eigenvalue weighted by Crippen LogP contribution is 2.37. The van der Waals surface area contributed by atoms with Crippen LogP contribution in [0.25, 0.3) is 11.1 Å². The van der Waals surface area contributed by atoms with Crippen molar-refractivity contribution in [3.63, 3.8) is 0 Å². The Hall–Kier alpha value is -2.29. The van der Waals surface area contributed by atoms with Gasteiger partial charge in [-0.1, -0.05) is 30.3 Å². The second-order valence-corrected chi connectivity index (χ2v) is 5.32. The summed E-state index contributed by atoms with van der Waals surface area (Å²) in [7, 11) is 0. The van der Waals surface area contributed by atoms with Gasteiger partial charge in [0.1, 0.15) is 6.04 Å². The van der Waals surface area contributed by atoms with E-state index in [1.807, 2.05) is 19.9 Å². The number of ether oxygens (including phenoxy) is 1. The molecule has 21 heavy (non-hydrogen) atoms. The van der Waals surface area contributed by atoms with Gasteiger partial charge >= 0.3 is 5.97 Å². The molecule has 2 aromatic rings. The number of anilines is 1. The van der Waals surface area contributed by atoms with Crippen molar-refractivity contribution in [3.8, 4) is 11.1 Å². The van der Waals surface area contributed by atoms with Gasteiger partial charge in [-0.3, -0.25) is 0 Å². The summed E-state index contributed by atoms with van der Waals surface area (Å²) in [6.45, 7) is 4.04. The van der Waals surface area contributed by atoms with Crippen molar-refractivity contribution in [1.82, 2.24) is 0 Å². The van der Waals surface area contributed by atoms with Crippen LogP contribution in [-0.2, 0) is 16.0 Å². The molecular weight excluding hydrogens is 262 g/mol. The molecule has 3 heteroatoms. The monoisotopic (exact) mass is 281 g/mol. The molecule has 2 aromatic carbocycles. The summed E-state index contributed by atoms with van der Waals surface area (Å²) in [5.74, 6) is -0.221. The predicted octanol–water partition coefficient (Wildman–Crippen LogP) is 3.62. The van der Waals surface area contributed by atoms with Gasteiger partial charge in [0.15, 0.2) is 0 Å². The van der Waals surface area contributed by atoms with E-state index >= 15 is 0 Å². The molecule has 0 saturated heterocycles. The largest absolute Gasteiger partial charge is 0.464 e. The lowest BCUT2D eigenvalue weighted by Crippen LogP contribution is -2.28. The zero-order valence-corrected chi connectivity index (χ0v) is 12.3. The zero-order valence-electron chi connectivity index (χ0n) is 12.3. The molecule has 1 N–H and O–H groups in total. The number of hydrogen-bond acceptors (Lipinski definition) is 3. The Balaban J connectivity index is 1.79. The summed E-state index contributed by atoms with van der Waals surface area (Å²) in [4.78, 5) is 11.7. The number of nitrogens with one attached hydrogen (secondary N) is 1. The Kier molecular flexibility index (Phi) is 3.65. The van der Waals surface area contributed by atoms with E-state index in [-0.39, 0.29) is 12.0 Å². The third-order valence-electron chi connectivity index (χ3n) is 3.82. The lowest BCUT2D eigenvalue weighted by atomic mass is 10.1. The molecule has 0 fully saturated rings. The molecule has 0 saturated carbocycles. The minimum atomic E-state index is -0.341. The van der Waals surface area contributed by atoms with E-state index in [4.69, 9.17) is 4.74 Å². The Morgan fingerprint density at radius 3 is 2.76 bits per heavy atom. The lowest BCUT2D eigenvalue weighted by Gasteiger charge is -2.14. The van der Waals surface area contributed by atoms with E-state index in [0.29, 0.717) is 6.61 Å². The van der Waals surface area contributed by atoms with Crippen molar-refractivity contribution in [3.05, 3.63) is 53.6 Å². The Bertz CT molecular complexity index is 679. The van der Waals surface area contributed by atoms with Gasteiger partial charge in [-0.15, -0.1) is 0 Å². The molecule has 0 aromatic heterocycles. The summed E-state index contributed by atoms with van der Waals surface area (Å²) < 4.78 is 5.02. The van der Waals surface area contributed by atoms with Gasteiger partial charge in [0, 0.05) is 5.69 Å². The minimum Gasteiger partial charge on any atom is -0.464 e. The van der Waals surface area contributed by atoms with E-state index in [1.54, 1.807) is 0 Å². The maximum absolute atomic E-state index is 11.7. The predicted molar refractivity (Wildman–Crippen MR) is 84.4 cm³/mol. The number of carbonyl (C=O) groups excluding carboxylic acids is 1. The molecule has 3 rings (SSSR count). The van der Waals surface area contributed by atoms with Gasteiger partial charge < -0.3 is 10.1 Å². The van der Waals surface area contributed by atoms with Crippen LogP contribution >= 0.6 is 0 Å². The SMILES string of the molecule is CCOC(=O)C(C)Nc1ccc2c(c1)Cc1ccccc1-2. The van der Waals surface area contributed by atoms with Gasteiger partial charge in [-0.05, 0) is 54.7 Å². The first-order chi connectivity index (χ1) is 10.2. The quantitative estimate of drug-likeness (QED) is 0.742. The van der Waals surface area contributed by atoms with Crippen LogP contribution in [0.2, 0.25) is 0 Å². The molecule has 1 unspecified atom stereocenters. The summed E-state index contributed by atoms with van der Waals surface area (Å²) in [6.07, 6.45) is 0.953. The third kappa shape index (κ3) is 2.64. The normalized spacial score (nSPS) is 13.2. The van der Waals surface area contributed by atoms with Crippen LogP contribution in [0.3, 0.4) is 0 Å². The van der Waals surface area contributed by atoms with Crippen LogP contribution in [0.15, 0.2) is 42.5 Å². The summed E-state index contributed by atoms with van der Waals surface area (Å²) in [5.41, 5.74) is 6.24. The first-order valence-electron chi connectivity index (χ1n) is 7.33. The molecule has 0 spiro atoms. The Labute approximate surface area is 124 Å². The van der Waals surface area contributed by atoms with Gasteiger partial charge in [0.05, 0.1) is 6.61 Å². The fraction of sp³-hybridized carbons (Fsp3) is 0.278. The highest BCUT2D eigenvalue weighted by molar-refractivity contribution is 5.81. The van der Waals surface area contributed by atoms with Crippen LogP contribution in [0.5, 0.6) is 0 Å². The van der Waals surface area contributed by atoms with Crippen LogP contribution in [0.1, 0.15) is 25.0 Å². The third-order valence-corrected chi connectivity index (χ3v) is 3.82. The first-order valence-corrected chi connectivity index (χ1v) is 7.33. The van der Waals surface area contributed by atoms with Crippen molar-refractivity contribution >= 4 is 11.7 Å². The minimum absolute atomic E-state index is 0.221. The van der Waals surface area contributed by atoms with Crippen LogP contribution < -0.4 is 5.32 Å². The fourth-order valence-electron chi connectivity index (χ4n) is 2.81. The standard InChI is InChI=1S/C18H19NO2/c1-3-21-18(20)12(2)19-15-8-9-17-14(11-15)10-13-6-4-5-7-16(13)17/h4-9,11-12,19H,3,10H2,1-2H3. The molecule has 0 amide bonds. The smallest absolute Gasteiger partial charge is 0.328 e. The summed E-state index contributed by atoms with van der Waals surface area (Å²) in [6, 6.07) is 14.4. The van der Waals surface area contributed by atoms with Gasteiger partial charge in [0.2, 0.25) is 0 Å². The second-order valence-electron chi connectivity index (χ2n) is 5.32. The van der Waals surface area contributed by atoms with Gasteiger partial charge in [-0.25, -0.2) is 4.79 Å².